The highest BCUT2D eigenvalue weighted by Crippen LogP contribution is 2.20. The van der Waals surface area contributed by atoms with Gasteiger partial charge >= 0.3 is 0 Å². The van der Waals surface area contributed by atoms with Crippen LogP contribution >= 0.6 is 0 Å². The number of nitrogens with one attached hydrogen (secondary N) is 2. The second-order valence-electron chi connectivity index (χ2n) is 5.00. The van der Waals surface area contributed by atoms with Crippen molar-refractivity contribution in [3.63, 3.8) is 0 Å². The molecule has 1 aromatic carbocycles. The highest BCUT2D eigenvalue weighted by atomic mass is 16.3. The molecular weight excluding hydrogens is 240 g/mol. The Labute approximate surface area is 112 Å². The zero-order valence-electron chi connectivity index (χ0n) is 11.6. The van der Waals surface area contributed by atoms with Gasteiger partial charge in [-0.2, -0.15) is 0 Å². The molecule has 0 aliphatic heterocycles. The van der Waals surface area contributed by atoms with Crippen molar-refractivity contribution in [3.8, 4) is 0 Å². The number of aliphatic hydroxyl groups is 1. The summed E-state index contributed by atoms with van der Waals surface area (Å²) in [6.45, 7) is 6.51. The number of aryl methyl sites for hydroxylation is 2. The van der Waals surface area contributed by atoms with Crippen LogP contribution in [-0.4, -0.2) is 23.2 Å². The fraction of sp³-hybridized carbons (Fsp3) is 0.400. The monoisotopic (exact) mass is 260 g/mol. The summed E-state index contributed by atoms with van der Waals surface area (Å²) < 4.78 is 0. The second-order valence-corrected chi connectivity index (χ2v) is 5.00. The first-order valence-electron chi connectivity index (χ1n) is 6.51. The van der Waals surface area contributed by atoms with E-state index in [9.17, 15) is 4.79 Å². The SMILES string of the molecule is Cc1cc(C)c2[nH]c(=O)c(C(C)NCCO)cc2c1. The van der Waals surface area contributed by atoms with Crippen LogP contribution in [0.15, 0.2) is 23.0 Å². The molecule has 4 nitrogen and oxygen atoms in total. The summed E-state index contributed by atoms with van der Waals surface area (Å²) >= 11 is 0. The molecule has 1 heterocycles. The van der Waals surface area contributed by atoms with Crippen molar-refractivity contribution >= 4 is 10.9 Å². The molecule has 0 aliphatic carbocycles. The van der Waals surface area contributed by atoms with Gasteiger partial charge in [-0.3, -0.25) is 4.79 Å². The Hall–Kier alpha value is -1.65. The molecule has 1 atom stereocenters. The van der Waals surface area contributed by atoms with Crippen molar-refractivity contribution in [3.05, 3.63) is 45.2 Å². The highest BCUT2D eigenvalue weighted by Gasteiger charge is 2.11. The third kappa shape index (κ3) is 2.85. The van der Waals surface area contributed by atoms with Gasteiger partial charge in [0.25, 0.3) is 5.56 Å². The number of rotatable bonds is 4. The fourth-order valence-electron chi connectivity index (χ4n) is 2.42. The molecule has 0 bridgehead atoms. The van der Waals surface area contributed by atoms with Crippen LogP contribution < -0.4 is 10.9 Å². The number of H-pyrrole nitrogens is 1. The number of aliphatic hydroxyl groups excluding tert-OH is 1. The maximum absolute atomic E-state index is 12.1. The first-order chi connectivity index (χ1) is 9.02. The smallest absolute Gasteiger partial charge is 0.253 e. The largest absolute Gasteiger partial charge is 0.395 e. The molecule has 3 N–H and O–H groups in total. The summed E-state index contributed by atoms with van der Waals surface area (Å²) in [5, 5.41) is 13.0. The number of fused-ring (bicyclic) bond motifs is 1. The summed E-state index contributed by atoms with van der Waals surface area (Å²) in [6.07, 6.45) is 0. The lowest BCUT2D eigenvalue weighted by molar-refractivity contribution is 0.286. The van der Waals surface area contributed by atoms with E-state index in [1.165, 1.54) is 5.56 Å². The third-order valence-corrected chi connectivity index (χ3v) is 3.35. The first-order valence-corrected chi connectivity index (χ1v) is 6.51. The van der Waals surface area contributed by atoms with Crippen LogP contribution in [-0.2, 0) is 0 Å². The molecule has 0 amide bonds. The minimum Gasteiger partial charge on any atom is -0.395 e. The summed E-state index contributed by atoms with van der Waals surface area (Å²) in [5.41, 5.74) is 3.78. The minimum absolute atomic E-state index is 0.0635. The van der Waals surface area contributed by atoms with E-state index in [4.69, 9.17) is 5.11 Å². The number of hydrogen-bond donors (Lipinski definition) is 3. The van der Waals surface area contributed by atoms with Crippen molar-refractivity contribution in [2.75, 3.05) is 13.2 Å². The van der Waals surface area contributed by atoms with E-state index in [0.29, 0.717) is 12.1 Å². The molecule has 1 aromatic heterocycles. The zero-order valence-corrected chi connectivity index (χ0v) is 11.6. The average molecular weight is 260 g/mol. The van der Waals surface area contributed by atoms with E-state index in [1.54, 1.807) is 0 Å². The van der Waals surface area contributed by atoms with Gasteiger partial charge in [-0.1, -0.05) is 11.6 Å². The lowest BCUT2D eigenvalue weighted by atomic mass is 10.0. The van der Waals surface area contributed by atoms with Gasteiger partial charge in [0.2, 0.25) is 0 Å². The molecule has 4 heteroatoms. The Bertz CT molecular complexity index is 646. The molecule has 0 radical (unpaired) electrons. The van der Waals surface area contributed by atoms with Crippen LogP contribution in [0.4, 0.5) is 0 Å². The summed E-state index contributed by atoms with van der Waals surface area (Å²) in [5.74, 6) is 0. The highest BCUT2D eigenvalue weighted by molar-refractivity contribution is 5.82. The van der Waals surface area contributed by atoms with E-state index in [2.05, 4.69) is 22.4 Å². The number of pyridine rings is 1. The zero-order chi connectivity index (χ0) is 14.0. The van der Waals surface area contributed by atoms with Gasteiger partial charge in [-0.15, -0.1) is 0 Å². The Balaban J connectivity index is 2.52. The van der Waals surface area contributed by atoms with Crippen LogP contribution in [0.3, 0.4) is 0 Å². The maximum Gasteiger partial charge on any atom is 0.253 e. The summed E-state index contributed by atoms with van der Waals surface area (Å²) in [4.78, 5) is 15.1. The standard InChI is InChI=1S/C15H20N2O2/c1-9-6-10(2)14-12(7-9)8-13(15(19)17-14)11(3)16-4-5-18/h6-8,11,16,18H,4-5H2,1-3H3,(H,17,19). The molecule has 0 spiro atoms. The molecule has 102 valence electrons. The van der Waals surface area contributed by atoms with E-state index in [1.807, 2.05) is 26.8 Å². The Kier molecular flexibility index (Phi) is 4.02. The first kappa shape index (κ1) is 13.8. The van der Waals surface area contributed by atoms with Crippen molar-refractivity contribution in [1.29, 1.82) is 0 Å². The van der Waals surface area contributed by atoms with E-state index < -0.39 is 0 Å². The molecule has 2 aromatic rings. The lowest BCUT2D eigenvalue weighted by Crippen LogP contribution is -2.27. The summed E-state index contributed by atoms with van der Waals surface area (Å²) in [7, 11) is 0. The van der Waals surface area contributed by atoms with E-state index in [0.717, 1.165) is 16.5 Å². The predicted octanol–water partition coefficient (Wildman–Crippen LogP) is 1.79. The Morgan fingerprint density at radius 2 is 2.05 bits per heavy atom. The van der Waals surface area contributed by atoms with Gasteiger partial charge in [0.1, 0.15) is 0 Å². The molecule has 0 saturated heterocycles. The number of benzene rings is 1. The van der Waals surface area contributed by atoms with Crippen molar-refractivity contribution < 1.29 is 5.11 Å². The maximum atomic E-state index is 12.1. The fourth-order valence-corrected chi connectivity index (χ4v) is 2.42. The minimum atomic E-state index is -0.0823. The van der Waals surface area contributed by atoms with E-state index >= 15 is 0 Å². The quantitative estimate of drug-likeness (QED) is 0.785. The van der Waals surface area contributed by atoms with E-state index in [-0.39, 0.29) is 18.2 Å². The molecule has 2 rings (SSSR count). The Morgan fingerprint density at radius 1 is 1.32 bits per heavy atom. The lowest BCUT2D eigenvalue weighted by Gasteiger charge is -2.14. The molecule has 19 heavy (non-hydrogen) atoms. The van der Waals surface area contributed by atoms with Crippen molar-refractivity contribution in [2.45, 2.75) is 26.8 Å². The van der Waals surface area contributed by atoms with Crippen LogP contribution in [0, 0.1) is 13.8 Å². The van der Waals surface area contributed by atoms with Crippen LogP contribution in [0.2, 0.25) is 0 Å². The van der Waals surface area contributed by atoms with Crippen LogP contribution in [0.1, 0.15) is 29.7 Å². The number of hydrogen-bond acceptors (Lipinski definition) is 3. The van der Waals surface area contributed by atoms with Crippen LogP contribution in [0.5, 0.6) is 0 Å². The number of aromatic nitrogens is 1. The predicted molar refractivity (Wildman–Crippen MR) is 77.5 cm³/mol. The normalized spacial score (nSPS) is 12.8. The molecule has 0 saturated carbocycles. The van der Waals surface area contributed by atoms with Gasteiger partial charge in [0, 0.05) is 18.2 Å². The van der Waals surface area contributed by atoms with Gasteiger partial charge in [0.15, 0.2) is 0 Å². The molecular formula is C15H20N2O2. The van der Waals surface area contributed by atoms with Crippen molar-refractivity contribution in [1.82, 2.24) is 10.3 Å². The van der Waals surface area contributed by atoms with Gasteiger partial charge in [-0.05, 0) is 43.9 Å². The van der Waals surface area contributed by atoms with Gasteiger partial charge in [-0.25, -0.2) is 0 Å². The number of aromatic amines is 1. The Morgan fingerprint density at radius 3 is 2.74 bits per heavy atom. The van der Waals surface area contributed by atoms with Crippen molar-refractivity contribution in [2.24, 2.45) is 0 Å². The molecule has 0 aliphatic rings. The molecule has 1 unspecified atom stereocenters. The third-order valence-electron chi connectivity index (χ3n) is 3.35. The topological polar surface area (TPSA) is 65.1 Å². The summed E-state index contributed by atoms with van der Waals surface area (Å²) in [6, 6.07) is 5.98. The second kappa shape index (κ2) is 5.55. The van der Waals surface area contributed by atoms with Gasteiger partial charge < -0.3 is 15.4 Å². The molecule has 0 fully saturated rings. The van der Waals surface area contributed by atoms with Crippen LogP contribution in [0.25, 0.3) is 10.9 Å². The average Bonchev–Trinajstić information content (AvgIpc) is 2.36. The van der Waals surface area contributed by atoms with Gasteiger partial charge in [0.05, 0.1) is 12.1 Å².